The molecule has 1 atom stereocenters. The Morgan fingerprint density at radius 3 is 2.56 bits per heavy atom. The Labute approximate surface area is 215 Å². The second-order valence-corrected chi connectivity index (χ2v) is 10.0. The van der Waals surface area contributed by atoms with Gasteiger partial charge in [0.2, 0.25) is 0 Å². The van der Waals surface area contributed by atoms with E-state index < -0.39 is 0 Å². The van der Waals surface area contributed by atoms with Gasteiger partial charge in [-0.1, -0.05) is 48.0 Å². The molecule has 1 aromatic heterocycles. The van der Waals surface area contributed by atoms with Crippen LogP contribution in [0.4, 0.5) is 5.69 Å². The average Bonchev–Trinajstić information content (AvgIpc) is 3.52. The fraction of sp³-hybridized carbons (Fsp3) is 0.233. The lowest BCUT2D eigenvalue weighted by Gasteiger charge is -2.36. The summed E-state index contributed by atoms with van der Waals surface area (Å²) in [5.41, 5.74) is 9.79. The summed E-state index contributed by atoms with van der Waals surface area (Å²) < 4.78 is 8.13. The van der Waals surface area contributed by atoms with Crippen LogP contribution in [0.2, 0.25) is 5.02 Å². The number of rotatable bonds is 3. The first-order valence-electron chi connectivity index (χ1n) is 12.6. The number of aromatic nitrogens is 2. The summed E-state index contributed by atoms with van der Waals surface area (Å²) in [7, 11) is 0. The molecule has 5 nitrogen and oxygen atoms in total. The van der Waals surface area contributed by atoms with Crippen molar-refractivity contribution in [2.75, 3.05) is 31.6 Å². The second-order valence-electron chi connectivity index (χ2n) is 9.58. The molecule has 0 saturated carbocycles. The van der Waals surface area contributed by atoms with Crippen molar-refractivity contribution in [3.63, 3.8) is 0 Å². The molecule has 0 bridgehead atoms. The molecule has 1 saturated heterocycles. The van der Waals surface area contributed by atoms with Crippen LogP contribution in [0.1, 0.15) is 24.6 Å². The minimum atomic E-state index is -0.00346. The van der Waals surface area contributed by atoms with Gasteiger partial charge in [-0.15, -0.1) is 0 Å². The monoisotopic (exact) mass is 494 g/mol. The summed E-state index contributed by atoms with van der Waals surface area (Å²) in [4.78, 5) is 7.61. The molecule has 1 aliphatic carbocycles. The highest BCUT2D eigenvalue weighted by Gasteiger charge is 2.35. The molecule has 0 radical (unpaired) electrons. The third-order valence-electron chi connectivity index (χ3n) is 7.45. The van der Waals surface area contributed by atoms with Gasteiger partial charge in [-0.05, 0) is 72.0 Å². The van der Waals surface area contributed by atoms with E-state index in [0.29, 0.717) is 0 Å². The van der Waals surface area contributed by atoms with Gasteiger partial charge in [0.05, 0.1) is 24.2 Å². The maximum absolute atomic E-state index is 6.16. The molecule has 3 aromatic carbocycles. The zero-order chi connectivity index (χ0) is 24.1. The zero-order valence-electron chi connectivity index (χ0n) is 20.0. The van der Waals surface area contributed by atoms with Crippen LogP contribution in [0.15, 0.2) is 89.6 Å². The molecule has 7 rings (SSSR count). The first kappa shape index (κ1) is 21.7. The van der Waals surface area contributed by atoms with Crippen molar-refractivity contribution in [1.82, 2.24) is 14.5 Å². The number of ether oxygens (including phenoxy) is 1. The molecule has 180 valence electrons. The minimum absolute atomic E-state index is 0.00346. The summed E-state index contributed by atoms with van der Waals surface area (Å²) in [6, 6.07) is 25.1. The number of hydrogen-bond donors (Lipinski definition) is 1. The maximum atomic E-state index is 6.16. The van der Waals surface area contributed by atoms with Crippen molar-refractivity contribution in [3.8, 4) is 11.4 Å². The Balaban J connectivity index is 1.42. The van der Waals surface area contributed by atoms with Crippen molar-refractivity contribution < 1.29 is 4.74 Å². The van der Waals surface area contributed by atoms with Gasteiger partial charge in [0.25, 0.3) is 0 Å². The third-order valence-corrected chi connectivity index (χ3v) is 7.71. The predicted octanol–water partition coefficient (Wildman–Crippen LogP) is 6.74. The van der Waals surface area contributed by atoms with Crippen molar-refractivity contribution in [3.05, 3.63) is 100 Å². The number of imidazole rings is 1. The van der Waals surface area contributed by atoms with Crippen molar-refractivity contribution >= 4 is 34.4 Å². The van der Waals surface area contributed by atoms with Gasteiger partial charge in [0.15, 0.2) is 0 Å². The highest BCUT2D eigenvalue weighted by molar-refractivity contribution is 6.30. The average molecular weight is 495 g/mol. The lowest BCUT2D eigenvalue weighted by Crippen LogP contribution is -2.37. The van der Waals surface area contributed by atoms with Gasteiger partial charge in [-0.25, -0.2) is 4.98 Å². The van der Waals surface area contributed by atoms with Crippen LogP contribution in [-0.2, 0) is 4.74 Å². The summed E-state index contributed by atoms with van der Waals surface area (Å²) in [6.07, 6.45) is 4.33. The molecule has 1 unspecified atom stereocenters. The molecule has 1 fully saturated rings. The number of benzene rings is 3. The normalized spacial score (nSPS) is 20.5. The molecular formula is C30H27ClN4O. The van der Waals surface area contributed by atoms with Gasteiger partial charge < -0.3 is 15.0 Å². The van der Waals surface area contributed by atoms with E-state index in [0.717, 1.165) is 72.3 Å². The Morgan fingerprint density at radius 2 is 1.69 bits per heavy atom. The summed E-state index contributed by atoms with van der Waals surface area (Å²) in [6.45, 7) is 3.31. The van der Waals surface area contributed by atoms with E-state index in [1.54, 1.807) is 0 Å². The first-order valence-corrected chi connectivity index (χ1v) is 13.0. The highest BCUT2D eigenvalue weighted by atomic mass is 35.5. The van der Waals surface area contributed by atoms with Crippen LogP contribution in [0.3, 0.4) is 0 Å². The van der Waals surface area contributed by atoms with Crippen LogP contribution < -0.4 is 5.32 Å². The molecule has 0 spiro atoms. The van der Waals surface area contributed by atoms with Crippen LogP contribution >= 0.6 is 11.6 Å². The maximum Gasteiger partial charge on any atom is 0.145 e. The largest absolute Gasteiger partial charge is 0.378 e. The Bertz CT molecular complexity index is 1510. The Morgan fingerprint density at radius 1 is 0.917 bits per heavy atom. The standard InChI is InChI=1S/C30H27ClN4O/c31-22-12-9-20(10-13-22)19-21-11-14-24(28(21)34-15-17-36-18-16-34)30-32-25-6-2-1-5-23(25)29-33-26-7-3-4-8-27(26)35(29)30/h1-10,12-13,19,30,32H,11,14-18H2. The summed E-state index contributed by atoms with van der Waals surface area (Å²) in [5.74, 6) is 1.03. The number of para-hydroxylation sites is 3. The van der Waals surface area contributed by atoms with E-state index in [9.17, 15) is 0 Å². The summed E-state index contributed by atoms with van der Waals surface area (Å²) in [5, 5.41) is 4.66. The Hall–Kier alpha value is -3.54. The fourth-order valence-corrected chi connectivity index (χ4v) is 5.95. The summed E-state index contributed by atoms with van der Waals surface area (Å²) >= 11 is 6.16. The molecule has 3 aliphatic rings. The van der Waals surface area contributed by atoms with E-state index in [2.05, 4.69) is 81.5 Å². The van der Waals surface area contributed by atoms with Crippen molar-refractivity contribution in [1.29, 1.82) is 0 Å². The topological polar surface area (TPSA) is 42.3 Å². The smallest absolute Gasteiger partial charge is 0.145 e. The highest BCUT2D eigenvalue weighted by Crippen LogP contribution is 2.46. The van der Waals surface area contributed by atoms with E-state index in [1.165, 1.54) is 22.4 Å². The van der Waals surface area contributed by atoms with E-state index in [-0.39, 0.29) is 6.17 Å². The number of nitrogens with zero attached hydrogens (tertiary/aromatic N) is 3. The van der Waals surface area contributed by atoms with E-state index in [1.807, 2.05) is 12.1 Å². The zero-order valence-corrected chi connectivity index (χ0v) is 20.7. The van der Waals surface area contributed by atoms with Crippen LogP contribution in [-0.4, -0.2) is 40.8 Å². The predicted molar refractivity (Wildman–Crippen MR) is 146 cm³/mol. The number of fused-ring (bicyclic) bond motifs is 5. The number of morpholine rings is 1. The number of halogens is 1. The molecular weight excluding hydrogens is 468 g/mol. The number of hydrogen-bond acceptors (Lipinski definition) is 4. The van der Waals surface area contributed by atoms with Crippen LogP contribution in [0.25, 0.3) is 28.5 Å². The van der Waals surface area contributed by atoms with Gasteiger partial charge >= 0.3 is 0 Å². The minimum Gasteiger partial charge on any atom is -0.378 e. The quantitative estimate of drug-likeness (QED) is 0.342. The SMILES string of the molecule is Clc1ccc(C=C2CCC(C3Nc4ccccc4-c4nc5ccccc5n43)=C2N2CCOCC2)cc1. The lowest BCUT2D eigenvalue weighted by atomic mass is 10.0. The Kier molecular flexibility index (Phi) is 5.33. The van der Waals surface area contributed by atoms with Crippen LogP contribution in [0, 0.1) is 0 Å². The molecule has 0 amide bonds. The van der Waals surface area contributed by atoms with Crippen LogP contribution in [0.5, 0.6) is 0 Å². The number of anilines is 1. The number of allylic oxidation sites excluding steroid dienone is 1. The lowest BCUT2D eigenvalue weighted by molar-refractivity contribution is 0.0544. The van der Waals surface area contributed by atoms with Gasteiger partial charge in [0, 0.05) is 35.1 Å². The molecule has 6 heteroatoms. The molecule has 2 aliphatic heterocycles. The molecule has 4 aromatic rings. The van der Waals surface area contributed by atoms with Crippen molar-refractivity contribution in [2.45, 2.75) is 19.0 Å². The van der Waals surface area contributed by atoms with E-state index in [4.69, 9.17) is 21.3 Å². The number of nitrogens with one attached hydrogen (secondary N) is 1. The van der Waals surface area contributed by atoms with Gasteiger partial charge in [-0.2, -0.15) is 0 Å². The van der Waals surface area contributed by atoms with Gasteiger partial charge in [0.1, 0.15) is 12.0 Å². The van der Waals surface area contributed by atoms with Crippen molar-refractivity contribution in [2.24, 2.45) is 0 Å². The fourth-order valence-electron chi connectivity index (χ4n) is 5.83. The molecule has 3 heterocycles. The second kappa shape index (κ2) is 8.84. The van der Waals surface area contributed by atoms with Gasteiger partial charge in [-0.3, -0.25) is 4.57 Å². The third kappa shape index (κ3) is 3.62. The van der Waals surface area contributed by atoms with E-state index >= 15 is 0 Å². The molecule has 1 N–H and O–H groups in total. The first-order chi connectivity index (χ1) is 17.8. The molecule has 36 heavy (non-hydrogen) atoms.